The number of halogens is 3. The van der Waals surface area contributed by atoms with E-state index in [0.29, 0.717) is 58.2 Å². The summed E-state index contributed by atoms with van der Waals surface area (Å²) in [5.41, 5.74) is 9.99. The topological polar surface area (TPSA) is 114 Å². The molecule has 6 nitrogen and oxygen atoms in total. The Morgan fingerprint density at radius 3 is 2.60 bits per heavy atom. The fourth-order valence-electron chi connectivity index (χ4n) is 4.28. The van der Waals surface area contributed by atoms with Crippen LogP contribution in [0.2, 0.25) is 5.02 Å². The van der Waals surface area contributed by atoms with Crippen LogP contribution in [-0.4, -0.2) is 34.9 Å². The van der Waals surface area contributed by atoms with Gasteiger partial charge in [-0.05, 0) is 57.4 Å². The van der Waals surface area contributed by atoms with Gasteiger partial charge in [0.2, 0.25) is 0 Å². The number of nitrogens with one attached hydrogen (secondary N) is 2. The summed E-state index contributed by atoms with van der Waals surface area (Å²) >= 11 is 9.56. The first-order valence-corrected chi connectivity index (χ1v) is 12.0. The van der Waals surface area contributed by atoms with Gasteiger partial charge < -0.3 is 16.5 Å². The molecule has 1 fully saturated rings. The Morgan fingerprint density at radius 1 is 1.20 bits per heavy atom. The lowest BCUT2D eigenvalue weighted by Crippen LogP contribution is -2.39. The van der Waals surface area contributed by atoms with Gasteiger partial charge in [0.15, 0.2) is 5.82 Å². The van der Waals surface area contributed by atoms with E-state index in [1.54, 1.807) is 37.3 Å². The van der Waals surface area contributed by atoms with Crippen molar-refractivity contribution in [2.45, 2.75) is 32.9 Å². The van der Waals surface area contributed by atoms with Crippen molar-refractivity contribution in [3.8, 4) is 22.5 Å². The zero-order valence-electron chi connectivity index (χ0n) is 19.6. The molecule has 35 heavy (non-hydrogen) atoms. The van der Waals surface area contributed by atoms with Crippen LogP contribution >= 0.6 is 24.4 Å². The van der Waals surface area contributed by atoms with E-state index in [9.17, 15) is 8.78 Å². The van der Waals surface area contributed by atoms with Crippen molar-refractivity contribution in [2.24, 2.45) is 11.1 Å². The third-order valence-electron chi connectivity index (χ3n) is 6.02. The minimum absolute atomic E-state index is 0.178. The van der Waals surface area contributed by atoms with Crippen LogP contribution in [0.5, 0.6) is 0 Å². The summed E-state index contributed by atoms with van der Waals surface area (Å²) in [6.07, 6.45) is 0.0590. The normalized spacial score (nSPS) is 17.5. The van der Waals surface area contributed by atoms with Gasteiger partial charge in [-0.1, -0.05) is 35.4 Å². The highest BCUT2D eigenvalue weighted by Crippen LogP contribution is 2.34. The van der Waals surface area contributed by atoms with Crippen LogP contribution < -0.4 is 16.2 Å². The Hall–Kier alpha value is -2.59. The number of nitrogens with two attached hydrogens (primary N) is 2. The molecule has 4 rings (SSSR count). The Kier molecular flexibility index (Phi) is 9.18. The van der Waals surface area contributed by atoms with Crippen molar-refractivity contribution < 1.29 is 8.78 Å². The van der Waals surface area contributed by atoms with Gasteiger partial charge in [-0.25, -0.2) is 18.7 Å². The zero-order valence-corrected chi connectivity index (χ0v) is 21.2. The largest absolute Gasteiger partial charge is 0.383 e. The van der Waals surface area contributed by atoms with Crippen molar-refractivity contribution in [2.75, 3.05) is 18.8 Å². The first-order valence-electron chi connectivity index (χ1n) is 11.1. The molecular formula is C25H29ClF2N6S. The third kappa shape index (κ3) is 6.16. The molecule has 1 saturated heterocycles. The van der Waals surface area contributed by atoms with Crippen LogP contribution in [0, 0.1) is 24.1 Å². The van der Waals surface area contributed by atoms with E-state index >= 15 is 0 Å². The van der Waals surface area contributed by atoms with Crippen molar-refractivity contribution in [3.63, 3.8) is 0 Å². The quantitative estimate of drug-likeness (QED) is 0.236. The van der Waals surface area contributed by atoms with Gasteiger partial charge in [-0.15, -0.1) is 12.8 Å². The second-order valence-corrected chi connectivity index (χ2v) is 8.94. The molecule has 1 aromatic heterocycles. The van der Waals surface area contributed by atoms with E-state index in [0.717, 1.165) is 12.1 Å². The van der Waals surface area contributed by atoms with E-state index in [4.69, 9.17) is 22.7 Å². The van der Waals surface area contributed by atoms with Gasteiger partial charge in [-0.2, -0.15) is 0 Å². The summed E-state index contributed by atoms with van der Waals surface area (Å²) in [5, 5.41) is 15.7. The Balaban J connectivity index is 0.00000167. The summed E-state index contributed by atoms with van der Waals surface area (Å²) in [6.45, 7) is 4.56. The van der Waals surface area contributed by atoms with Crippen LogP contribution in [0.1, 0.15) is 30.2 Å². The lowest BCUT2D eigenvalue weighted by molar-refractivity contribution is 0.178. The predicted molar refractivity (Wildman–Crippen MR) is 142 cm³/mol. The minimum atomic E-state index is -0.991. The Labute approximate surface area is 214 Å². The Bertz CT molecular complexity index is 1220. The summed E-state index contributed by atoms with van der Waals surface area (Å²) in [7, 11) is 0. The van der Waals surface area contributed by atoms with Gasteiger partial charge in [-0.3, -0.25) is 5.14 Å². The van der Waals surface area contributed by atoms with Crippen molar-refractivity contribution in [3.05, 3.63) is 64.1 Å². The highest BCUT2D eigenvalue weighted by Gasteiger charge is 2.27. The number of thiol groups is 1. The van der Waals surface area contributed by atoms with Crippen molar-refractivity contribution >= 4 is 35.9 Å². The fraction of sp³-hybridized carbons (Fsp3) is 0.320. The first kappa shape index (κ1) is 27.0. The first-order chi connectivity index (χ1) is 16.7. The van der Waals surface area contributed by atoms with Gasteiger partial charge in [0, 0.05) is 34.0 Å². The van der Waals surface area contributed by atoms with E-state index < -0.39 is 6.17 Å². The van der Waals surface area contributed by atoms with Crippen LogP contribution in [-0.2, 0) is 6.42 Å². The number of hydrogen-bond donors (Lipinski definition) is 5. The maximum Gasteiger partial charge on any atom is 0.161 e. The van der Waals surface area contributed by atoms with Crippen LogP contribution in [0.25, 0.3) is 22.5 Å². The highest BCUT2D eigenvalue weighted by atomic mass is 35.5. The molecule has 0 amide bonds. The van der Waals surface area contributed by atoms with E-state index in [2.05, 4.69) is 33.2 Å². The number of piperidine rings is 1. The summed E-state index contributed by atoms with van der Waals surface area (Å²) in [6, 6.07) is 10.0. The molecule has 0 bridgehead atoms. The molecule has 10 heteroatoms. The number of nitrogens with zero attached hydrogens (tertiary/aromatic N) is 2. The number of aryl methyl sites for hydroxylation is 1. The maximum absolute atomic E-state index is 14.5. The Morgan fingerprint density at radius 2 is 1.94 bits per heavy atom. The number of aromatic nitrogens is 2. The molecule has 3 aromatic rings. The van der Waals surface area contributed by atoms with Gasteiger partial charge in [0.05, 0.1) is 11.3 Å². The lowest BCUT2D eigenvalue weighted by Gasteiger charge is -2.27. The number of alkyl halides is 1. The van der Waals surface area contributed by atoms with Gasteiger partial charge in [0.25, 0.3) is 0 Å². The standard InChI is InChI=1S/C25H26ClF2N5.H3NS/c1-13-3-6-20(27)18(9-13)17-5-4-16(10-19(17)26)25-32-22(23(14(2)29)24(30)33-25)11-15-7-8-31-12-21(15)28;1-2/h3-6,9-10,15,21,29,31H,7-8,11-12H2,1-2H3,(H2,30,32,33);2H,1H2. The molecule has 186 valence electrons. The number of nitrogen functional groups attached to an aromatic ring is 1. The van der Waals surface area contributed by atoms with Gasteiger partial charge in [0.1, 0.15) is 17.8 Å². The molecule has 2 unspecified atom stereocenters. The van der Waals surface area contributed by atoms with Crippen LogP contribution in [0.3, 0.4) is 0 Å². The molecule has 2 aromatic carbocycles. The number of benzene rings is 2. The van der Waals surface area contributed by atoms with Crippen LogP contribution in [0.15, 0.2) is 36.4 Å². The van der Waals surface area contributed by atoms with Gasteiger partial charge >= 0.3 is 0 Å². The van der Waals surface area contributed by atoms with E-state index in [1.807, 2.05) is 6.92 Å². The summed E-state index contributed by atoms with van der Waals surface area (Å²) < 4.78 is 28.9. The molecule has 0 aliphatic carbocycles. The lowest BCUT2D eigenvalue weighted by atomic mass is 9.89. The van der Waals surface area contributed by atoms with Crippen molar-refractivity contribution in [1.82, 2.24) is 15.3 Å². The van der Waals surface area contributed by atoms with E-state index in [-0.39, 0.29) is 23.3 Å². The van der Waals surface area contributed by atoms with Crippen LogP contribution in [0.4, 0.5) is 14.6 Å². The fourth-order valence-corrected chi connectivity index (χ4v) is 4.57. The maximum atomic E-state index is 14.5. The summed E-state index contributed by atoms with van der Waals surface area (Å²) in [4.78, 5) is 9.08. The number of rotatable bonds is 5. The second kappa shape index (κ2) is 11.9. The second-order valence-electron chi connectivity index (χ2n) is 8.53. The zero-order chi connectivity index (χ0) is 25.7. The molecular weight excluding hydrogens is 490 g/mol. The molecule has 2 atom stereocenters. The summed E-state index contributed by atoms with van der Waals surface area (Å²) in [5.74, 6) is -0.0415. The SMILES string of the molecule is CC(=N)c1c(N)nc(-c2ccc(-c3cc(C)ccc3F)c(Cl)c2)nc1CC1CCNCC1F.NS. The molecule has 0 spiro atoms. The molecule has 1 aliphatic heterocycles. The minimum Gasteiger partial charge on any atom is -0.383 e. The average Bonchev–Trinajstić information content (AvgIpc) is 2.83. The molecule has 0 saturated carbocycles. The smallest absolute Gasteiger partial charge is 0.161 e. The highest BCUT2D eigenvalue weighted by molar-refractivity contribution is 7.77. The van der Waals surface area contributed by atoms with Crippen molar-refractivity contribution in [1.29, 1.82) is 5.41 Å². The third-order valence-corrected chi connectivity index (χ3v) is 6.34. The average molecular weight is 519 g/mol. The van der Waals surface area contributed by atoms with E-state index in [1.165, 1.54) is 6.07 Å². The number of anilines is 1. The predicted octanol–water partition coefficient (Wildman–Crippen LogP) is 5.16. The molecule has 2 heterocycles. The molecule has 1 aliphatic rings. The molecule has 0 radical (unpaired) electrons. The monoisotopic (exact) mass is 518 g/mol. The molecule has 6 N–H and O–H groups in total. The number of hydrogen-bond acceptors (Lipinski definition) is 7.